The molecule has 0 aliphatic carbocycles. The molecular weight excluding hydrogens is 264 g/mol. The van der Waals surface area contributed by atoms with Gasteiger partial charge in [0.25, 0.3) is 0 Å². The normalized spacial score (nSPS) is 18.9. The lowest BCUT2D eigenvalue weighted by atomic mass is 9.99. The second-order valence-electron chi connectivity index (χ2n) is 4.72. The molecule has 2 rings (SSSR count). The molecule has 1 fully saturated rings. The van der Waals surface area contributed by atoms with Gasteiger partial charge in [0, 0.05) is 23.7 Å². The average molecular weight is 283 g/mol. The topological polar surface area (TPSA) is 50.4 Å². The maximum absolute atomic E-state index is 12.0. The summed E-state index contributed by atoms with van der Waals surface area (Å²) in [6.45, 7) is 2.21. The number of rotatable bonds is 4. The van der Waals surface area contributed by atoms with E-state index in [2.05, 4.69) is 10.6 Å². The van der Waals surface area contributed by atoms with Crippen LogP contribution >= 0.6 is 11.6 Å². The van der Waals surface area contributed by atoms with Crippen molar-refractivity contribution in [3.63, 3.8) is 0 Å². The molecule has 1 saturated heterocycles. The Morgan fingerprint density at radius 1 is 1.58 bits per heavy atom. The summed E-state index contributed by atoms with van der Waals surface area (Å²) < 4.78 is 5.26. The molecule has 104 valence electrons. The fourth-order valence-corrected chi connectivity index (χ4v) is 2.48. The van der Waals surface area contributed by atoms with Gasteiger partial charge in [0.05, 0.1) is 13.0 Å². The van der Waals surface area contributed by atoms with E-state index in [1.807, 2.05) is 12.1 Å². The summed E-state index contributed by atoms with van der Waals surface area (Å²) in [5, 5.41) is 6.83. The number of ether oxygens (including phenoxy) is 1. The highest BCUT2D eigenvalue weighted by Gasteiger charge is 2.20. The van der Waals surface area contributed by atoms with Gasteiger partial charge in [-0.25, -0.2) is 0 Å². The summed E-state index contributed by atoms with van der Waals surface area (Å²) >= 11 is 5.96. The molecular formula is C14H19ClN2O2. The highest BCUT2D eigenvalue weighted by Crippen LogP contribution is 2.22. The van der Waals surface area contributed by atoms with Crippen LogP contribution in [0.1, 0.15) is 18.4 Å². The standard InChI is InChI=1S/C14H19ClN2O2/c1-19-13-5-4-12(15)7-11(13)9-17-14(18)10-3-2-6-16-8-10/h4-5,7,10,16H,2-3,6,8-9H2,1H3,(H,17,18). The van der Waals surface area contributed by atoms with Crippen LogP contribution in [0, 0.1) is 5.92 Å². The van der Waals surface area contributed by atoms with Crippen molar-refractivity contribution in [3.8, 4) is 5.75 Å². The molecule has 1 aromatic carbocycles. The molecule has 0 spiro atoms. The number of halogens is 1. The minimum absolute atomic E-state index is 0.0685. The van der Waals surface area contributed by atoms with E-state index in [0.717, 1.165) is 37.2 Å². The molecule has 19 heavy (non-hydrogen) atoms. The SMILES string of the molecule is COc1ccc(Cl)cc1CNC(=O)C1CCCNC1. The van der Waals surface area contributed by atoms with Crippen molar-refractivity contribution in [1.29, 1.82) is 0 Å². The monoisotopic (exact) mass is 282 g/mol. The lowest BCUT2D eigenvalue weighted by molar-refractivity contribution is -0.125. The van der Waals surface area contributed by atoms with Crippen LogP contribution in [0.3, 0.4) is 0 Å². The number of piperidine rings is 1. The number of methoxy groups -OCH3 is 1. The second kappa shape index (κ2) is 6.78. The van der Waals surface area contributed by atoms with E-state index in [-0.39, 0.29) is 11.8 Å². The molecule has 1 atom stereocenters. The van der Waals surface area contributed by atoms with Gasteiger partial charge >= 0.3 is 0 Å². The first-order valence-electron chi connectivity index (χ1n) is 6.51. The van der Waals surface area contributed by atoms with E-state index in [1.54, 1.807) is 13.2 Å². The summed E-state index contributed by atoms with van der Waals surface area (Å²) in [7, 11) is 1.61. The third kappa shape index (κ3) is 3.85. The zero-order chi connectivity index (χ0) is 13.7. The molecule has 5 heteroatoms. The molecule has 4 nitrogen and oxygen atoms in total. The van der Waals surface area contributed by atoms with Crippen LogP contribution < -0.4 is 15.4 Å². The molecule has 1 aromatic rings. The lowest BCUT2D eigenvalue weighted by Crippen LogP contribution is -2.40. The van der Waals surface area contributed by atoms with Gasteiger partial charge in [0.1, 0.15) is 5.75 Å². The summed E-state index contributed by atoms with van der Waals surface area (Å²) in [6.07, 6.45) is 2.00. The van der Waals surface area contributed by atoms with Crippen LogP contribution in [0.4, 0.5) is 0 Å². The Morgan fingerprint density at radius 3 is 3.11 bits per heavy atom. The number of nitrogens with one attached hydrogen (secondary N) is 2. The number of carbonyl (C=O) groups excluding carboxylic acids is 1. The van der Waals surface area contributed by atoms with Gasteiger partial charge in [-0.15, -0.1) is 0 Å². The number of benzene rings is 1. The third-order valence-corrected chi connectivity index (χ3v) is 3.60. The fourth-order valence-electron chi connectivity index (χ4n) is 2.29. The average Bonchev–Trinajstić information content (AvgIpc) is 2.46. The van der Waals surface area contributed by atoms with E-state index < -0.39 is 0 Å². The van der Waals surface area contributed by atoms with Crippen molar-refractivity contribution in [2.45, 2.75) is 19.4 Å². The van der Waals surface area contributed by atoms with Gasteiger partial charge < -0.3 is 15.4 Å². The predicted molar refractivity (Wildman–Crippen MR) is 75.4 cm³/mol. The van der Waals surface area contributed by atoms with Crippen LogP contribution in [-0.4, -0.2) is 26.1 Å². The molecule has 1 heterocycles. The number of carbonyl (C=O) groups is 1. The summed E-state index contributed by atoms with van der Waals surface area (Å²) in [5.74, 6) is 0.902. The minimum Gasteiger partial charge on any atom is -0.496 e. The molecule has 0 radical (unpaired) electrons. The van der Waals surface area contributed by atoms with Crippen LogP contribution in [0.15, 0.2) is 18.2 Å². The highest BCUT2D eigenvalue weighted by atomic mass is 35.5. The summed E-state index contributed by atoms with van der Waals surface area (Å²) in [5.41, 5.74) is 0.895. The Morgan fingerprint density at radius 2 is 2.42 bits per heavy atom. The number of hydrogen-bond donors (Lipinski definition) is 2. The molecule has 1 unspecified atom stereocenters. The van der Waals surface area contributed by atoms with E-state index >= 15 is 0 Å². The Bertz CT molecular complexity index is 445. The van der Waals surface area contributed by atoms with Gasteiger partial charge in [-0.3, -0.25) is 4.79 Å². The Balaban J connectivity index is 1.94. The van der Waals surface area contributed by atoms with Gasteiger partial charge in [-0.05, 0) is 37.6 Å². The van der Waals surface area contributed by atoms with E-state index in [9.17, 15) is 4.79 Å². The maximum Gasteiger partial charge on any atom is 0.224 e. The first-order valence-corrected chi connectivity index (χ1v) is 6.89. The number of amides is 1. The molecule has 1 amide bonds. The summed E-state index contributed by atoms with van der Waals surface area (Å²) in [4.78, 5) is 12.0. The van der Waals surface area contributed by atoms with Gasteiger partial charge in [-0.1, -0.05) is 11.6 Å². The minimum atomic E-state index is 0.0685. The van der Waals surface area contributed by atoms with Crippen molar-refractivity contribution in [3.05, 3.63) is 28.8 Å². The van der Waals surface area contributed by atoms with Crippen molar-refractivity contribution in [1.82, 2.24) is 10.6 Å². The highest BCUT2D eigenvalue weighted by molar-refractivity contribution is 6.30. The van der Waals surface area contributed by atoms with E-state index in [1.165, 1.54) is 0 Å². The van der Waals surface area contributed by atoms with Crippen LogP contribution in [-0.2, 0) is 11.3 Å². The van der Waals surface area contributed by atoms with Crippen LogP contribution in [0.25, 0.3) is 0 Å². The predicted octanol–water partition coefficient (Wildman–Crippen LogP) is 1.96. The van der Waals surface area contributed by atoms with E-state index in [4.69, 9.17) is 16.3 Å². The quantitative estimate of drug-likeness (QED) is 0.888. The van der Waals surface area contributed by atoms with Crippen molar-refractivity contribution in [2.24, 2.45) is 5.92 Å². The molecule has 1 aliphatic rings. The smallest absolute Gasteiger partial charge is 0.224 e. The fraction of sp³-hybridized carbons (Fsp3) is 0.500. The zero-order valence-electron chi connectivity index (χ0n) is 11.0. The number of hydrogen-bond acceptors (Lipinski definition) is 3. The van der Waals surface area contributed by atoms with Crippen LogP contribution in [0.2, 0.25) is 5.02 Å². The molecule has 0 aromatic heterocycles. The van der Waals surface area contributed by atoms with Gasteiger partial charge in [0.2, 0.25) is 5.91 Å². The summed E-state index contributed by atoms with van der Waals surface area (Å²) in [6, 6.07) is 5.41. The van der Waals surface area contributed by atoms with E-state index in [0.29, 0.717) is 11.6 Å². The van der Waals surface area contributed by atoms with Crippen LogP contribution in [0.5, 0.6) is 5.75 Å². The molecule has 2 N–H and O–H groups in total. The van der Waals surface area contributed by atoms with Crippen molar-refractivity contribution >= 4 is 17.5 Å². The Hall–Kier alpha value is -1.26. The second-order valence-corrected chi connectivity index (χ2v) is 5.15. The lowest BCUT2D eigenvalue weighted by Gasteiger charge is -2.22. The first kappa shape index (κ1) is 14.2. The largest absolute Gasteiger partial charge is 0.496 e. The first-order chi connectivity index (χ1) is 9.20. The maximum atomic E-state index is 12.0. The molecule has 0 bridgehead atoms. The van der Waals surface area contributed by atoms with Gasteiger partial charge in [0.15, 0.2) is 0 Å². The zero-order valence-corrected chi connectivity index (χ0v) is 11.8. The molecule has 0 saturated carbocycles. The molecule has 1 aliphatic heterocycles. The Labute approximate surface area is 118 Å². The van der Waals surface area contributed by atoms with Gasteiger partial charge in [-0.2, -0.15) is 0 Å². The van der Waals surface area contributed by atoms with Crippen molar-refractivity contribution < 1.29 is 9.53 Å². The Kier molecular flexibility index (Phi) is 5.05. The third-order valence-electron chi connectivity index (χ3n) is 3.36. The van der Waals surface area contributed by atoms with Crippen molar-refractivity contribution in [2.75, 3.05) is 20.2 Å².